The summed E-state index contributed by atoms with van der Waals surface area (Å²) in [5.74, 6) is 1.47. The second kappa shape index (κ2) is 13.9. The van der Waals surface area contributed by atoms with E-state index in [1.165, 1.54) is 44.1 Å². The average molecular weight is 483 g/mol. The van der Waals surface area contributed by atoms with Gasteiger partial charge in [0, 0.05) is 17.1 Å². The molecule has 0 spiro atoms. The zero-order valence-corrected chi connectivity index (χ0v) is 19.9. The molecule has 0 aliphatic rings. The van der Waals surface area contributed by atoms with Gasteiger partial charge in [0.1, 0.15) is 6.61 Å². The van der Waals surface area contributed by atoms with Crippen LogP contribution in [0.1, 0.15) is 63.5 Å². The fourth-order valence-electron chi connectivity index (χ4n) is 3.15. The van der Waals surface area contributed by atoms with Gasteiger partial charge in [-0.1, -0.05) is 68.8 Å². The van der Waals surface area contributed by atoms with E-state index in [1.807, 2.05) is 31.2 Å². The molecule has 0 fully saturated rings. The maximum atomic E-state index is 6.24. The van der Waals surface area contributed by atoms with Crippen LogP contribution in [0.4, 0.5) is 0 Å². The molecule has 160 valence electrons. The molecule has 0 saturated heterocycles. The van der Waals surface area contributed by atoms with Gasteiger partial charge >= 0.3 is 0 Å². The molecule has 3 nitrogen and oxygen atoms in total. The lowest BCUT2D eigenvalue weighted by Gasteiger charge is -2.16. The monoisotopic (exact) mass is 481 g/mol. The average Bonchev–Trinajstić information content (AvgIpc) is 2.71. The minimum atomic E-state index is 0.397. The molecule has 2 aromatic rings. The van der Waals surface area contributed by atoms with E-state index in [4.69, 9.17) is 21.1 Å². The van der Waals surface area contributed by atoms with Crippen LogP contribution in [0.3, 0.4) is 0 Å². The highest BCUT2D eigenvalue weighted by molar-refractivity contribution is 9.10. The number of rotatable bonds is 14. The maximum Gasteiger partial charge on any atom is 0.175 e. The quantitative estimate of drug-likeness (QED) is 0.282. The molecule has 0 unspecified atom stereocenters. The molecule has 0 amide bonds. The summed E-state index contributed by atoms with van der Waals surface area (Å²) in [7, 11) is 0. The van der Waals surface area contributed by atoms with Gasteiger partial charge in [-0.3, -0.25) is 0 Å². The minimum absolute atomic E-state index is 0.397. The lowest BCUT2D eigenvalue weighted by molar-refractivity contribution is 0.267. The van der Waals surface area contributed by atoms with Crippen molar-refractivity contribution in [3.8, 4) is 11.5 Å². The Hall–Kier alpha value is -1.23. The Morgan fingerprint density at radius 3 is 2.48 bits per heavy atom. The molecule has 1 N–H and O–H groups in total. The molecule has 0 bridgehead atoms. The summed E-state index contributed by atoms with van der Waals surface area (Å²) in [5, 5.41) is 4.24. The van der Waals surface area contributed by atoms with Crippen molar-refractivity contribution in [3.63, 3.8) is 0 Å². The van der Waals surface area contributed by atoms with E-state index in [9.17, 15) is 0 Å². The number of benzene rings is 2. The smallest absolute Gasteiger partial charge is 0.175 e. The second-order valence-corrected chi connectivity index (χ2v) is 8.42. The number of unbranched alkanes of at least 4 members (excludes halogenated alkanes) is 5. The van der Waals surface area contributed by atoms with Crippen LogP contribution in [0.5, 0.6) is 11.5 Å². The van der Waals surface area contributed by atoms with Gasteiger partial charge in [-0.2, -0.15) is 0 Å². The number of halogens is 2. The molecule has 0 aromatic heterocycles. The SMILES string of the molecule is CCCCCCCCNCc1cc(Br)c(OCc2ccccc2Cl)c(OCC)c1. The second-order valence-electron chi connectivity index (χ2n) is 7.16. The van der Waals surface area contributed by atoms with Crippen molar-refractivity contribution >= 4 is 27.5 Å². The van der Waals surface area contributed by atoms with Crippen LogP contribution in [0.2, 0.25) is 5.02 Å². The van der Waals surface area contributed by atoms with Gasteiger partial charge in [0.05, 0.1) is 11.1 Å². The zero-order valence-electron chi connectivity index (χ0n) is 17.6. The molecule has 0 saturated carbocycles. The number of nitrogens with one attached hydrogen (secondary N) is 1. The van der Waals surface area contributed by atoms with Gasteiger partial charge < -0.3 is 14.8 Å². The van der Waals surface area contributed by atoms with Crippen molar-refractivity contribution in [2.24, 2.45) is 0 Å². The maximum absolute atomic E-state index is 6.24. The highest BCUT2D eigenvalue weighted by atomic mass is 79.9. The third-order valence-electron chi connectivity index (χ3n) is 4.74. The van der Waals surface area contributed by atoms with Gasteiger partial charge in [-0.25, -0.2) is 0 Å². The van der Waals surface area contributed by atoms with Crippen LogP contribution in [-0.4, -0.2) is 13.2 Å². The van der Waals surface area contributed by atoms with Crippen LogP contribution in [0.15, 0.2) is 40.9 Å². The Bertz CT molecular complexity index is 739. The van der Waals surface area contributed by atoms with Crippen LogP contribution in [0.25, 0.3) is 0 Å². The predicted molar refractivity (Wildman–Crippen MR) is 126 cm³/mol. The number of hydrogen-bond acceptors (Lipinski definition) is 3. The summed E-state index contributed by atoms with van der Waals surface area (Å²) in [6.45, 7) is 7.08. The summed E-state index contributed by atoms with van der Waals surface area (Å²) in [5.41, 5.74) is 2.13. The molecular formula is C24H33BrClNO2. The molecule has 0 atom stereocenters. The summed E-state index contributed by atoms with van der Waals surface area (Å²) in [4.78, 5) is 0. The lowest BCUT2D eigenvalue weighted by atomic mass is 10.1. The molecule has 0 aliphatic heterocycles. The Kier molecular flexibility index (Phi) is 11.5. The largest absolute Gasteiger partial charge is 0.490 e. The normalized spacial score (nSPS) is 10.9. The zero-order chi connectivity index (χ0) is 20.9. The number of hydrogen-bond donors (Lipinski definition) is 1. The predicted octanol–water partition coefficient (Wildman–Crippen LogP) is 7.53. The summed E-state index contributed by atoms with van der Waals surface area (Å²) in [6.07, 6.45) is 7.88. The Labute approximate surface area is 189 Å². The third-order valence-corrected chi connectivity index (χ3v) is 5.69. The van der Waals surface area contributed by atoms with Gasteiger partial charge in [0.2, 0.25) is 0 Å². The van der Waals surface area contributed by atoms with Crippen molar-refractivity contribution in [2.45, 2.75) is 65.5 Å². The highest BCUT2D eigenvalue weighted by Gasteiger charge is 2.13. The molecule has 2 rings (SSSR count). The van der Waals surface area contributed by atoms with E-state index in [0.717, 1.165) is 28.9 Å². The van der Waals surface area contributed by atoms with E-state index in [2.05, 4.69) is 40.3 Å². The van der Waals surface area contributed by atoms with Crippen molar-refractivity contribution in [1.29, 1.82) is 0 Å². The van der Waals surface area contributed by atoms with Gasteiger partial charge in [0.15, 0.2) is 11.5 Å². The Morgan fingerprint density at radius 1 is 0.966 bits per heavy atom. The van der Waals surface area contributed by atoms with E-state index in [-0.39, 0.29) is 0 Å². The van der Waals surface area contributed by atoms with E-state index in [0.29, 0.717) is 24.0 Å². The van der Waals surface area contributed by atoms with Crippen molar-refractivity contribution in [1.82, 2.24) is 5.32 Å². The first-order valence-corrected chi connectivity index (χ1v) is 11.8. The molecule has 0 aliphatic carbocycles. The first-order chi connectivity index (χ1) is 14.2. The van der Waals surface area contributed by atoms with Crippen LogP contribution < -0.4 is 14.8 Å². The summed E-state index contributed by atoms with van der Waals surface area (Å²) in [6, 6.07) is 11.9. The topological polar surface area (TPSA) is 30.5 Å². The molecule has 5 heteroatoms. The standard InChI is InChI=1S/C24H33BrClNO2/c1-3-5-6-7-8-11-14-27-17-19-15-21(25)24(23(16-19)28-4-2)29-18-20-12-9-10-13-22(20)26/h9-10,12-13,15-16,27H,3-8,11,14,17-18H2,1-2H3. The summed E-state index contributed by atoms with van der Waals surface area (Å²) < 4.78 is 12.8. The first-order valence-electron chi connectivity index (χ1n) is 10.7. The Morgan fingerprint density at radius 2 is 1.72 bits per heavy atom. The van der Waals surface area contributed by atoms with Crippen LogP contribution in [-0.2, 0) is 13.2 Å². The molecule has 29 heavy (non-hydrogen) atoms. The van der Waals surface area contributed by atoms with Crippen molar-refractivity contribution in [2.75, 3.05) is 13.2 Å². The molecule has 0 radical (unpaired) electrons. The van der Waals surface area contributed by atoms with Gasteiger partial charge in [-0.15, -0.1) is 0 Å². The fraction of sp³-hybridized carbons (Fsp3) is 0.500. The van der Waals surface area contributed by atoms with Gasteiger partial charge in [0.25, 0.3) is 0 Å². The minimum Gasteiger partial charge on any atom is -0.490 e. The Balaban J connectivity index is 1.90. The lowest BCUT2D eigenvalue weighted by Crippen LogP contribution is -2.15. The molecule has 2 aromatic carbocycles. The fourth-order valence-corrected chi connectivity index (χ4v) is 3.95. The van der Waals surface area contributed by atoms with E-state index in [1.54, 1.807) is 0 Å². The third kappa shape index (κ3) is 8.57. The van der Waals surface area contributed by atoms with Crippen molar-refractivity contribution < 1.29 is 9.47 Å². The molecular weight excluding hydrogens is 450 g/mol. The van der Waals surface area contributed by atoms with Crippen LogP contribution in [0, 0.1) is 0 Å². The number of ether oxygens (including phenoxy) is 2. The first kappa shape index (κ1) is 24.0. The van der Waals surface area contributed by atoms with E-state index >= 15 is 0 Å². The van der Waals surface area contributed by atoms with E-state index < -0.39 is 0 Å². The summed E-state index contributed by atoms with van der Waals surface area (Å²) >= 11 is 9.90. The molecule has 0 heterocycles. The highest BCUT2D eigenvalue weighted by Crippen LogP contribution is 2.37. The van der Waals surface area contributed by atoms with Crippen molar-refractivity contribution in [3.05, 3.63) is 57.0 Å². The van der Waals surface area contributed by atoms with Crippen LogP contribution >= 0.6 is 27.5 Å². The van der Waals surface area contributed by atoms with Gasteiger partial charge in [-0.05, 0) is 59.6 Å².